The summed E-state index contributed by atoms with van der Waals surface area (Å²) in [6, 6.07) is 6.32. The number of benzene rings is 1. The number of carbonyl (C=O) groups excluding carboxylic acids is 2. The Hall–Kier alpha value is -2.54. The van der Waals surface area contributed by atoms with E-state index in [1.807, 2.05) is 0 Å². The van der Waals surface area contributed by atoms with Crippen LogP contribution in [0.2, 0.25) is 5.02 Å². The molecule has 1 aromatic heterocycles. The van der Waals surface area contributed by atoms with Crippen LogP contribution in [-0.2, 0) is 13.1 Å². The van der Waals surface area contributed by atoms with Gasteiger partial charge < -0.3 is 9.64 Å². The minimum atomic E-state index is -2.59. The molecule has 0 fully saturated rings. The second-order valence-electron chi connectivity index (χ2n) is 5.87. The second kappa shape index (κ2) is 7.37. The molecule has 0 radical (unpaired) electrons. The van der Waals surface area contributed by atoms with E-state index in [-0.39, 0.29) is 35.6 Å². The average Bonchev–Trinajstić information content (AvgIpc) is 2.90. The zero-order valence-corrected chi connectivity index (χ0v) is 14.6. The van der Waals surface area contributed by atoms with Crippen LogP contribution in [0.15, 0.2) is 30.5 Å². The van der Waals surface area contributed by atoms with E-state index in [0.717, 1.165) is 5.56 Å². The highest BCUT2D eigenvalue weighted by molar-refractivity contribution is 6.32. The van der Waals surface area contributed by atoms with Crippen molar-refractivity contribution in [3.05, 3.63) is 57.9 Å². The largest absolute Gasteiger partial charge is 0.486 e. The Morgan fingerprint density at radius 2 is 2.15 bits per heavy atom. The smallest absolute Gasteiger partial charge is 0.272 e. The number of ether oxygens (including phenoxy) is 1. The SMILES string of the molecule is CC(=O)c1nccc2c1CN(Cc1ccc(OCC(F)F)c(Cl)c1)C2=O. The Bertz CT molecular complexity index is 874. The third-order valence-corrected chi connectivity index (χ3v) is 4.29. The first-order valence-corrected chi connectivity index (χ1v) is 8.22. The average molecular weight is 381 g/mol. The Labute approximate surface area is 153 Å². The van der Waals surface area contributed by atoms with Crippen molar-refractivity contribution in [3.63, 3.8) is 0 Å². The number of hydrogen-bond donors (Lipinski definition) is 0. The van der Waals surface area contributed by atoms with Gasteiger partial charge in [0.05, 0.1) is 5.02 Å². The van der Waals surface area contributed by atoms with Crippen molar-refractivity contribution in [1.29, 1.82) is 0 Å². The van der Waals surface area contributed by atoms with Gasteiger partial charge in [-0.05, 0) is 23.8 Å². The van der Waals surface area contributed by atoms with E-state index in [9.17, 15) is 18.4 Å². The molecule has 0 saturated carbocycles. The lowest BCUT2D eigenvalue weighted by molar-refractivity contribution is 0.0764. The molecule has 26 heavy (non-hydrogen) atoms. The van der Waals surface area contributed by atoms with Crippen molar-refractivity contribution in [2.75, 3.05) is 6.61 Å². The molecule has 1 aliphatic heterocycles. The number of Topliss-reactive ketones (excluding diaryl/α,β-unsaturated/α-hetero) is 1. The summed E-state index contributed by atoms with van der Waals surface area (Å²) in [7, 11) is 0. The van der Waals surface area contributed by atoms with E-state index in [4.69, 9.17) is 16.3 Å². The summed E-state index contributed by atoms with van der Waals surface area (Å²) in [5, 5.41) is 0.193. The molecule has 1 amide bonds. The highest BCUT2D eigenvalue weighted by Gasteiger charge is 2.31. The summed E-state index contributed by atoms with van der Waals surface area (Å²) in [5.74, 6) is -0.228. The van der Waals surface area contributed by atoms with Crippen molar-refractivity contribution >= 4 is 23.3 Å². The number of rotatable bonds is 6. The van der Waals surface area contributed by atoms with Crippen molar-refractivity contribution < 1.29 is 23.1 Å². The minimum absolute atomic E-state index is 0.162. The van der Waals surface area contributed by atoms with Gasteiger partial charge in [0.1, 0.15) is 18.1 Å². The minimum Gasteiger partial charge on any atom is -0.486 e. The van der Waals surface area contributed by atoms with E-state index in [1.54, 1.807) is 23.1 Å². The Balaban J connectivity index is 1.76. The predicted octanol–water partition coefficient (Wildman–Crippen LogP) is 3.74. The molecular formula is C18H15ClF2N2O3. The summed E-state index contributed by atoms with van der Waals surface area (Å²) in [5.41, 5.74) is 2.10. The number of fused-ring (bicyclic) bond motifs is 1. The number of aromatic nitrogens is 1. The van der Waals surface area contributed by atoms with Gasteiger partial charge >= 0.3 is 0 Å². The van der Waals surface area contributed by atoms with Gasteiger partial charge in [-0.15, -0.1) is 0 Å². The quantitative estimate of drug-likeness (QED) is 0.716. The summed E-state index contributed by atoms with van der Waals surface area (Å²) < 4.78 is 29.4. The van der Waals surface area contributed by atoms with Gasteiger partial charge in [0.25, 0.3) is 12.3 Å². The molecule has 0 N–H and O–H groups in total. The van der Waals surface area contributed by atoms with E-state index in [0.29, 0.717) is 16.8 Å². The number of alkyl halides is 2. The summed E-state index contributed by atoms with van der Waals surface area (Å²) in [4.78, 5) is 29.9. The molecule has 2 aromatic rings. The second-order valence-corrected chi connectivity index (χ2v) is 6.28. The van der Waals surface area contributed by atoms with Crippen LogP contribution < -0.4 is 4.74 Å². The number of pyridine rings is 1. The fourth-order valence-corrected chi connectivity index (χ4v) is 3.11. The monoisotopic (exact) mass is 380 g/mol. The van der Waals surface area contributed by atoms with Crippen LogP contribution in [0.5, 0.6) is 5.75 Å². The number of hydrogen-bond acceptors (Lipinski definition) is 4. The molecule has 0 saturated heterocycles. The lowest BCUT2D eigenvalue weighted by Crippen LogP contribution is -2.23. The van der Waals surface area contributed by atoms with Gasteiger partial charge in [0.15, 0.2) is 5.78 Å². The third-order valence-electron chi connectivity index (χ3n) is 3.99. The first kappa shape index (κ1) is 18.3. The lowest BCUT2D eigenvalue weighted by atomic mass is 10.1. The van der Waals surface area contributed by atoms with Gasteiger partial charge in [-0.2, -0.15) is 0 Å². The molecule has 0 aliphatic carbocycles. The molecule has 2 heterocycles. The molecule has 136 valence electrons. The zero-order valence-electron chi connectivity index (χ0n) is 13.8. The molecule has 1 aromatic carbocycles. The van der Waals surface area contributed by atoms with Gasteiger partial charge in [0.2, 0.25) is 0 Å². The van der Waals surface area contributed by atoms with E-state index in [2.05, 4.69) is 4.98 Å². The maximum atomic E-state index is 12.6. The fraction of sp³-hybridized carbons (Fsp3) is 0.278. The number of ketones is 1. The van der Waals surface area contributed by atoms with Crippen LogP contribution in [-0.4, -0.2) is 34.6 Å². The number of carbonyl (C=O) groups is 2. The lowest BCUT2D eigenvalue weighted by Gasteiger charge is -2.16. The van der Waals surface area contributed by atoms with Crippen molar-refractivity contribution in [1.82, 2.24) is 9.88 Å². The first-order valence-electron chi connectivity index (χ1n) is 7.84. The van der Waals surface area contributed by atoms with E-state index < -0.39 is 13.0 Å². The summed E-state index contributed by atoms with van der Waals surface area (Å²) >= 11 is 6.06. The fourth-order valence-electron chi connectivity index (χ4n) is 2.85. The molecule has 0 unspecified atom stereocenters. The van der Waals surface area contributed by atoms with Crippen LogP contribution in [0.1, 0.15) is 38.9 Å². The normalized spacial score (nSPS) is 13.3. The van der Waals surface area contributed by atoms with Gasteiger partial charge in [-0.3, -0.25) is 14.6 Å². The van der Waals surface area contributed by atoms with E-state index in [1.165, 1.54) is 19.2 Å². The Kier molecular flexibility index (Phi) is 5.18. The van der Waals surface area contributed by atoms with Gasteiger partial charge in [0, 0.05) is 37.3 Å². The molecule has 3 rings (SSSR count). The third kappa shape index (κ3) is 3.67. The number of nitrogens with zero attached hydrogens (tertiary/aromatic N) is 2. The predicted molar refractivity (Wildman–Crippen MR) is 90.8 cm³/mol. The summed E-state index contributed by atoms with van der Waals surface area (Å²) in [6.07, 6.45) is -1.14. The number of amides is 1. The standard InChI is InChI=1S/C18H15ClF2N2O3/c1-10(24)17-13-8-23(18(25)12(13)4-5-22-17)7-11-2-3-15(14(19)6-11)26-9-16(20)21/h2-6,16H,7-9H2,1H3. The summed E-state index contributed by atoms with van der Waals surface area (Å²) in [6.45, 7) is 1.21. The molecule has 8 heteroatoms. The maximum absolute atomic E-state index is 12.6. The van der Waals surface area contributed by atoms with Crippen molar-refractivity contribution in [2.24, 2.45) is 0 Å². The Morgan fingerprint density at radius 1 is 1.38 bits per heavy atom. The maximum Gasteiger partial charge on any atom is 0.272 e. The molecule has 0 spiro atoms. The zero-order chi connectivity index (χ0) is 18.8. The molecule has 1 aliphatic rings. The van der Waals surface area contributed by atoms with Crippen LogP contribution in [0.25, 0.3) is 0 Å². The molecule has 5 nitrogen and oxygen atoms in total. The van der Waals surface area contributed by atoms with Crippen LogP contribution >= 0.6 is 11.6 Å². The van der Waals surface area contributed by atoms with Crippen molar-refractivity contribution in [2.45, 2.75) is 26.4 Å². The van der Waals surface area contributed by atoms with E-state index >= 15 is 0 Å². The van der Waals surface area contributed by atoms with Gasteiger partial charge in [-0.1, -0.05) is 17.7 Å². The highest BCUT2D eigenvalue weighted by atomic mass is 35.5. The molecule has 0 atom stereocenters. The Morgan fingerprint density at radius 3 is 2.81 bits per heavy atom. The van der Waals surface area contributed by atoms with Gasteiger partial charge in [-0.25, -0.2) is 8.78 Å². The topological polar surface area (TPSA) is 59.5 Å². The molecular weight excluding hydrogens is 366 g/mol. The molecule has 0 bridgehead atoms. The first-order chi connectivity index (χ1) is 12.4. The highest BCUT2D eigenvalue weighted by Crippen LogP contribution is 2.29. The van der Waals surface area contributed by atoms with Crippen molar-refractivity contribution in [3.8, 4) is 5.75 Å². The van der Waals surface area contributed by atoms with Crippen LogP contribution in [0, 0.1) is 0 Å². The van der Waals surface area contributed by atoms with Crippen LogP contribution in [0.4, 0.5) is 8.78 Å². The van der Waals surface area contributed by atoms with Crippen LogP contribution in [0.3, 0.4) is 0 Å². The number of halogens is 3.